The molecule has 0 bridgehead atoms. The average molecular weight is 289 g/mol. The van der Waals surface area contributed by atoms with Crippen LogP contribution in [0, 0.1) is 12.7 Å². The van der Waals surface area contributed by atoms with Crippen molar-refractivity contribution in [3.05, 3.63) is 47.7 Å². The van der Waals surface area contributed by atoms with Gasteiger partial charge in [0.25, 0.3) is 9.05 Å². The lowest BCUT2D eigenvalue weighted by molar-refractivity contribution is 0.596. The van der Waals surface area contributed by atoms with Gasteiger partial charge in [0.15, 0.2) is 5.03 Å². The smallest absolute Gasteiger partial charge is 0.280 e. The first-order chi connectivity index (χ1) is 8.38. The molecule has 1 aromatic heterocycles. The molecule has 0 saturated carbocycles. The van der Waals surface area contributed by atoms with Gasteiger partial charge in [0.05, 0.1) is 6.54 Å². The highest BCUT2D eigenvalue weighted by molar-refractivity contribution is 8.13. The van der Waals surface area contributed by atoms with Crippen LogP contribution in [0.3, 0.4) is 0 Å². The van der Waals surface area contributed by atoms with Crippen molar-refractivity contribution in [2.45, 2.75) is 18.5 Å². The molecule has 0 aliphatic carbocycles. The summed E-state index contributed by atoms with van der Waals surface area (Å²) in [6, 6.07) is 6.28. The maximum Gasteiger partial charge on any atom is 0.280 e. The lowest BCUT2D eigenvalue weighted by Crippen LogP contribution is -2.02. The quantitative estimate of drug-likeness (QED) is 0.815. The summed E-state index contributed by atoms with van der Waals surface area (Å²) in [5.74, 6) is 0.110. The van der Waals surface area contributed by atoms with Crippen molar-refractivity contribution in [1.82, 2.24) is 9.55 Å². The summed E-state index contributed by atoms with van der Waals surface area (Å²) >= 11 is 0. The number of aromatic nitrogens is 2. The molecule has 7 heteroatoms. The second kappa shape index (κ2) is 4.70. The third-order valence-corrected chi connectivity index (χ3v) is 3.67. The molecule has 4 nitrogen and oxygen atoms in total. The Bertz CT molecular complexity index is 682. The predicted molar refractivity (Wildman–Crippen MR) is 65.5 cm³/mol. The molecule has 0 atom stereocenters. The minimum atomic E-state index is -3.86. The van der Waals surface area contributed by atoms with Crippen LogP contribution >= 0.6 is 10.7 Å². The second-order valence-corrected chi connectivity index (χ2v) is 6.30. The third-order valence-electron chi connectivity index (χ3n) is 2.50. The number of aryl methyl sites for hydroxylation is 1. The number of benzene rings is 1. The molecule has 0 radical (unpaired) electrons. The summed E-state index contributed by atoms with van der Waals surface area (Å²) in [6.07, 6.45) is 1.30. The van der Waals surface area contributed by atoms with Crippen molar-refractivity contribution >= 4 is 19.7 Å². The van der Waals surface area contributed by atoms with Crippen molar-refractivity contribution in [3.8, 4) is 0 Å². The second-order valence-electron chi connectivity index (χ2n) is 3.78. The molecule has 2 rings (SSSR count). The standard InChI is InChI=1S/C11H10ClFN2O2S/c1-8-14-11(18(12,16)17)7-15(8)6-9-4-2-3-5-10(9)13/h2-5,7H,6H2,1H3. The van der Waals surface area contributed by atoms with Crippen LogP contribution in [0.4, 0.5) is 4.39 Å². The van der Waals surface area contributed by atoms with Gasteiger partial charge >= 0.3 is 0 Å². The lowest BCUT2D eigenvalue weighted by atomic mass is 10.2. The van der Waals surface area contributed by atoms with Gasteiger partial charge in [0.1, 0.15) is 11.6 Å². The van der Waals surface area contributed by atoms with E-state index in [4.69, 9.17) is 10.7 Å². The van der Waals surface area contributed by atoms with Gasteiger partial charge in [-0.15, -0.1) is 0 Å². The molecule has 0 aliphatic heterocycles. The third kappa shape index (κ3) is 2.70. The summed E-state index contributed by atoms with van der Waals surface area (Å²) < 4.78 is 37.3. The fourth-order valence-corrected chi connectivity index (χ4v) is 2.28. The normalized spacial score (nSPS) is 11.7. The number of rotatable bonds is 3. The van der Waals surface area contributed by atoms with Gasteiger partial charge in [-0.1, -0.05) is 18.2 Å². The van der Waals surface area contributed by atoms with E-state index in [1.54, 1.807) is 25.1 Å². The number of imidazole rings is 1. The fourth-order valence-electron chi connectivity index (χ4n) is 1.57. The van der Waals surface area contributed by atoms with Crippen molar-refractivity contribution in [2.75, 3.05) is 0 Å². The van der Waals surface area contributed by atoms with Crippen LogP contribution < -0.4 is 0 Å². The van der Waals surface area contributed by atoms with Gasteiger partial charge in [-0.2, -0.15) is 0 Å². The molecule has 1 aromatic carbocycles. The van der Waals surface area contributed by atoms with E-state index in [1.165, 1.54) is 16.8 Å². The van der Waals surface area contributed by atoms with Crippen molar-refractivity contribution in [1.29, 1.82) is 0 Å². The van der Waals surface area contributed by atoms with Gasteiger partial charge in [0.2, 0.25) is 0 Å². The number of halogens is 2. The van der Waals surface area contributed by atoms with E-state index >= 15 is 0 Å². The molecule has 0 unspecified atom stereocenters. The van der Waals surface area contributed by atoms with Crippen LogP contribution in [0.2, 0.25) is 0 Å². The number of hydrogen-bond acceptors (Lipinski definition) is 3. The van der Waals surface area contributed by atoms with Crippen molar-refractivity contribution in [2.24, 2.45) is 0 Å². The van der Waals surface area contributed by atoms with Crippen LogP contribution in [0.15, 0.2) is 35.5 Å². The van der Waals surface area contributed by atoms with Crippen LogP contribution in [0.25, 0.3) is 0 Å². The molecule has 0 spiro atoms. The summed E-state index contributed by atoms with van der Waals surface area (Å²) in [4.78, 5) is 3.83. The summed E-state index contributed by atoms with van der Waals surface area (Å²) in [7, 11) is 1.34. The zero-order chi connectivity index (χ0) is 13.3. The first-order valence-electron chi connectivity index (χ1n) is 5.10. The molecule has 0 saturated heterocycles. The molecule has 0 aliphatic rings. The lowest BCUT2D eigenvalue weighted by Gasteiger charge is -2.05. The number of hydrogen-bond donors (Lipinski definition) is 0. The van der Waals surface area contributed by atoms with Crippen LogP contribution in [-0.4, -0.2) is 18.0 Å². The van der Waals surface area contributed by atoms with Gasteiger partial charge in [-0.05, 0) is 13.0 Å². The summed E-state index contributed by atoms with van der Waals surface area (Å²) in [5, 5.41) is -0.224. The van der Waals surface area contributed by atoms with E-state index in [9.17, 15) is 12.8 Å². The Labute approximate surface area is 108 Å². The van der Waals surface area contributed by atoms with E-state index in [0.29, 0.717) is 11.4 Å². The summed E-state index contributed by atoms with van der Waals surface area (Å²) in [6.45, 7) is 1.84. The highest BCUT2D eigenvalue weighted by atomic mass is 35.7. The number of nitrogens with zero attached hydrogens (tertiary/aromatic N) is 2. The molecule has 96 valence electrons. The molecule has 18 heavy (non-hydrogen) atoms. The van der Waals surface area contributed by atoms with Gasteiger partial charge in [-0.3, -0.25) is 0 Å². The monoisotopic (exact) mass is 288 g/mol. The van der Waals surface area contributed by atoms with Crippen LogP contribution in [0.1, 0.15) is 11.4 Å². The molecular formula is C11H10ClFN2O2S. The largest absolute Gasteiger partial charge is 0.329 e. The SMILES string of the molecule is Cc1nc(S(=O)(=O)Cl)cn1Cc1ccccc1F. The molecule has 1 heterocycles. The highest BCUT2D eigenvalue weighted by Gasteiger charge is 2.16. The Morgan fingerprint density at radius 1 is 1.39 bits per heavy atom. The average Bonchev–Trinajstić information content (AvgIpc) is 2.63. The van der Waals surface area contributed by atoms with Gasteiger partial charge in [0, 0.05) is 22.4 Å². The molecular weight excluding hydrogens is 279 g/mol. The fraction of sp³-hybridized carbons (Fsp3) is 0.182. The molecule has 0 amide bonds. The first-order valence-corrected chi connectivity index (χ1v) is 7.40. The molecule has 0 fully saturated rings. The molecule has 0 N–H and O–H groups in total. The van der Waals surface area contributed by atoms with Gasteiger partial charge in [-0.25, -0.2) is 17.8 Å². The van der Waals surface area contributed by atoms with E-state index in [2.05, 4.69) is 4.98 Å². The van der Waals surface area contributed by atoms with E-state index < -0.39 is 9.05 Å². The van der Waals surface area contributed by atoms with Crippen molar-refractivity contribution < 1.29 is 12.8 Å². The summed E-state index contributed by atoms with van der Waals surface area (Å²) in [5.41, 5.74) is 0.455. The molecule has 2 aromatic rings. The minimum absolute atomic E-state index is 0.206. The Hall–Kier alpha value is -1.40. The Kier molecular flexibility index (Phi) is 3.41. The maximum atomic E-state index is 13.5. The Morgan fingerprint density at radius 2 is 2.06 bits per heavy atom. The van der Waals surface area contributed by atoms with E-state index in [-0.39, 0.29) is 17.4 Å². The van der Waals surface area contributed by atoms with Crippen LogP contribution in [-0.2, 0) is 15.6 Å². The highest BCUT2D eigenvalue weighted by Crippen LogP contribution is 2.16. The predicted octanol–water partition coefficient (Wildman–Crippen LogP) is 2.31. The van der Waals surface area contributed by atoms with E-state index in [0.717, 1.165) is 0 Å². The Balaban J connectivity index is 2.37. The Morgan fingerprint density at radius 3 is 2.61 bits per heavy atom. The topological polar surface area (TPSA) is 52.0 Å². The zero-order valence-corrected chi connectivity index (χ0v) is 11.0. The zero-order valence-electron chi connectivity index (χ0n) is 9.47. The van der Waals surface area contributed by atoms with Gasteiger partial charge < -0.3 is 4.57 Å². The van der Waals surface area contributed by atoms with Crippen molar-refractivity contribution in [3.63, 3.8) is 0 Å². The first kappa shape index (κ1) is 13.0. The van der Waals surface area contributed by atoms with Crippen LogP contribution in [0.5, 0.6) is 0 Å². The van der Waals surface area contributed by atoms with E-state index in [1.807, 2.05) is 0 Å². The minimum Gasteiger partial charge on any atom is -0.329 e. The maximum absolute atomic E-state index is 13.5.